The van der Waals surface area contributed by atoms with Crippen molar-refractivity contribution in [2.75, 3.05) is 38.6 Å². The maximum absolute atomic E-state index is 14.5. The number of aromatic nitrogens is 4. The molecular weight excluding hydrogens is 927 g/mol. The molecule has 0 aliphatic rings. The summed E-state index contributed by atoms with van der Waals surface area (Å²) in [6.45, 7) is 10.2. The summed E-state index contributed by atoms with van der Waals surface area (Å²) < 4.78 is 111. The third-order valence-electron chi connectivity index (χ3n) is 8.35. The van der Waals surface area contributed by atoms with Crippen LogP contribution in [0.25, 0.3) is 11.4 Å². The van der Waals surface area contributed by atoms with Crippen molar-refractivity contribution in [2.45, 2.75) is 39.5 Å². The monoisotopic (exact) mass is 962 g/mol. The van der Waals surface area contributed by atoms with Gasteiger partial charge in [0.1, 0.15) is 23.0 Å². The number of ether oxygens (including phenoxy) is 1. The van der Waals surface area contributed by atoms with Crippen LogP contribution in [0.3, 0.4) is 0 Å². The van der Waals surface area contributed by atoms with Crippen LogP contribution in [0.1, 0.15) is 38.6 Å². The number of anilines is 1. The highest BCUT2D eigenvalue weighted by atomic mass is 35.5. The summed E-state index contributed by atoms with van der Waals surface area (Å²) in [6.07, 6.45) is -9.88. The summed E-state index contributed by atoms with van der Waals surface area (Å²) in [7, 11) is 2.83. The van der Waals surface area contributed by atoms with E-state index >= 15 is 0 Å². The van der Waals surface area contributed by atoms with Gasteiger partial charge < -0.3 is 20.3 Å². The Morgan fingerprint density at radius 2 is 1.23 bits per heavy atom. The number of carbonyl (C=O) groups is 1. The van der Waals surface area contributed by atoms with Gasteiger partial charge in [-0.05, 0) is 68.3 Å². The number of thiocarbonyl (C=S) groups is 2. The van der Waals surface area contributed by atoms with E-state index in [9.17, 15) is 59.1 Å². The zero-order valence-corrected chi connectivity index (χ0v) is 36.4. The summed E-state index contributed by atoms with van der Waals surface area (Å²) in [5, 5.41) is 6.84. The fourth-order valence-electron chi connectivity index (χ4n) is 5.09. The number of hydrogen-bond acceptors (Lipinski definition) is 10. The SMILES string of the molecule is CCN(CC)CC.COC(=O)CCNC(=S)Nc1cc(-n2c(=O)cc(C(F)(F)F)n(C)c2=O)c(F)cc1Cl.Cn1c(C(F)(F)F)cc(=O)n(-c2cc(N=C=S)c(Cl)cc2F)c1=O. The minimum Gasteiger partial charge on any atom is -0.469 e. The predicted molar refractivity (Wildman–Crippen MR) is 224 cm³/mol. The Bertz CT molecular complexity index is 2580. The molecule has 0 aliphatic heterocycles. The molecule has 0 saturated carbocycles. The Morgan fingerprint density at radius 3 is 1.61 bits per heavy atom. The van der Waals surface area contributed by atoms with E-state index in [0.717, 1.165) is 38.4 Å². The van der Waals surface area contributed by atoms with Crippen LogP contribution >= 0.6 is 47.6 Å². The molecule has 0 saturated heterocycles. The molecule has 26 heteroatoms. The van der Waals surface area contributed by atoms with Gasteiger partial charge in [-0.15, -0.1) is 0 Å². The normalized spacial score (nSPS) is 11.1. The van der Waals surface area contributed by atoms with Crippen LogP contribution in [0.15, 0.2) is 60.6 Å². The molecule has 2 N–H and O–H groups in total. The number of esters is 1. The van der Waals surface area contributed by atoms with Gasteiger partial charge in [-0.3, -0.25) is 23.5 Å². The van der Waals surface area contributed by atoms with Gasteiger partial charge in [-0.2, -0.15) is 31.3 Å². The molecule has 0 fully saturated rings. The first kappa shape index (κ1) is 52.9. The average molecular weight is 964 g/mol. The van der Waals surface area contributed by atoms with Crippen molar-refractivity contribution >= 4 is 75.3 Å². The number of hydrogen-bond donors (Lipinski definition) is 2. The maximum Gasteiger partial charge on any atom is 0.431 e. The Labute approximate surface area is 366 Å². The Morgan fingerprint density at radius 1 is 0.790 bits per heavy atom. The van der Waals surface area contributed by atoms with E-state index in [-0.39, 0.29) is 69.9 Å². The third-order valence-corrected chi connectivity index (χ3v) is 9.31. The molecule has 0 unspecified atom stereocenters. The fourth-order valence-corrected chi connectivity index (χ4v) is 5.79. The van der Waals surface area contributed by atoms with E-state index in [2.05, 4.69) is 58.3 Å². The summed E-state index contributed by atoms with van der Waals surface area (Å²) >= 11 is 21.1. The number of carbonyl (C=O) groups excluding carboxylic acids is 1. The molecular formula is C36H36Cl2F8N8O6S2. The zero-order valence-electron chi connectivity index (χ0n) is 33.2. The number of methoxy groups -OCH3 is 1. The molecule has 0 spiro atoms. The van der Waals surface area contributed by atoms with Crippen LogP contribution in [-0.4, -0.2) is 72.7 Å². The van der Waals surface area contributed by atoms with E-state index in [1.165, 1.54) is 26.7 Å². The van der Waals surface area contributed by atoms with E-state index in [1.807, 2.05) is 5.16 Å². The standard InChI is InChI=1S/C17H15ClF4N4O4S.C13H6ClF4N3O2S.C6H15N/c1-25-12(17(20,21)22)7-13(27)26(16(25)29)11-6-10(8(18)5-9(11)19)24-15(31)23-4-3-14(28)30-2;1-20-10(13(16,17)18)4-11(22)21(12(20)23)9-3-8(19-5-24)6(14)2-7(9)15;1-4-7(5-2)6-3/h5-7H,3-4H2,1-2H3,(H2,23,24,31);2-4H,1H3;4-6H2,1-3H3. The van der Waals surface area contributed by atoms with Crippen molar-refractivity contribution < 1.29 is 44.7 Å². The summed E-state index contributed by atoms with van der Waals surface area (Å²) in [4.78, 5) is 65.7. The molecule has 0 amide bonds. The minimum absolute atomic E-state index is 0.00227. The van der Waals surface area contributed by atoms with Gasteiger partial charge in [-0.1, -0.05) is 44.0 Å². The summed E-state index contributed by atoms with van der Waals surface area (Å²) in [6, 6.07) is 3.75. The van der Waals surface area contributed by atoms with Gasteiger partial charge >= 0.3 is 29.7 Å². The van der Waals surface area contributed by atoms with Gasteiger partial charge in [0.2, 0.25) is 0 Å². The number of nitrogens with one attached hydrogen (secondary N) is 2. The quantitative estimate of drug-likeness (QED) is 0.0763. The molecule has 62 heavy (non-hydrogen) atoms. The Hall–Kier alpha value is -5.26. The number of aliphatic imine (C=N–C) groups is 1. The lowest BCUT2D eigenvalue weighted by atomic mass is 10.2. The lowest BCUT2D eigenvalue weighted by molar-refractivity contribution is -0.144. The highest BCUT2D eigenvalue weighted by molar-refractivity contribution is 7.80. The molecule has 2 aromatic heterocycles. The minimum atomic E-state index is -4.96. The van der Waals surface area contributed by atoms with Crippen molar-refractivity contribution in [3.05, 3.63) is 111 Å². The molecule has 338 valence electrons. The highest BCUT2D eigenvalue weighted by Gasteiger charge is 2.36. The Balaban J connectivity index is 0.000000378. The summed E-state index contributed by atoms with van der Waals surface area (Å²) in [5.74, 6) is -2.71. The van der Waals surface area contributed by atoms with Crippen LogP contribution in [0.2, 0.25) is 10.0 Å². The molecule has 4 rings (SSSR count). The largest absolute Gasteiger partial charge is 0.469 e. The number of rotatable bonds is 10. The molecule has 2 aromatic carbocycles. The molecule has 0 radical (unpaired) electrons. The van der Waals surface area contributed by atoms with E-state index in [1.54, 1.807) is 0 Å². The molecule has 14 nitrogen and oxygen atoms in total. The zero-order chi connectivity index (χ0) is 47.4. The molecule has 4 aromatic rings. The van der Waals surface area contributed by atoms with Crippen LogP contribution in [0.4, 0.5) is 46.5 Å². The van der Waals surface area contributed by atoms with Gasteiger partial charge in [-0.25, -0.2) is 27.5 Å². The van der Waals surface area contributed by atoms with Crippen LogP contribution < -0.4 is 33.1 Å². The second kappa shape index (κ2) is 22.7. The molecule has 2 heterocycles. The topological polar surface area (TPSA) is 154 Å². The van der Waals surface area contributed by atoms with Gasteiger partial charge in [0.15, 0.2) is 5.11 Å². The lowest BCUT2D eigenvalue weighted by Gasteiger charge is -2.16. The fraction of sp³-hybridized carbons (Fsp3) is 0.361. The molecule has 0 bridgehead atoms. The average Bonchev–Trinajstić information content (AvgIpc) is 3.18. The van der Waals surface area contributed by atoms with Gasteiger partial charge in [0.25, 0.3) is 11.1 Å². The first-order valence-corrected chi connectivity index (χ1v) is 19.1. The van der Waals surface area contributed by atoms with Crippen molar-refractivity contribution in [2.24, 2.45) is 19.1 Å². The maximum atomic E-state index is 14.5. The number of halogens is 10. The van der Waals surface area contributed by atoms with Crippen LogP contribution in [0.5, 0.6) is 0 Å². The van der Waals surface area contributed by atoms with Crippen molar-refractivity contribution in [3.63, 3.8) is 0 Å². The number of nitrogens with zero attached hydrogens (tertiary/aromatic N) is 6. The van der Waals surface area contributed by atoms with Crippen molar-refractivity contribution in [1.29, 1.82) is 0 Å². The lowest BCUT2D eigenvalue weighted by Crippen LogP contribution is -2.41. The number of isothiocyanates is 1. The number of benzene rings is 2. The highest BCUT2D eigenvalue weighted by Crippen LogP contribution is 2.31. The second-order valence-corrected chi connectivity index (χ2v) is 13.6. The van der Waals surface area contributed by atoms with Crippen molar-refractivity contribution in [1.82, 2.24) is 28.5 Å². The Kier molecular flexibility index (Phi) is 19.4. The smallest absolute Gasteiger partial charge is 0.431 e. The first-order valence-electron chi connectivity index (χ1n) is 17.5. The second-order valence-electron chi connectivity index (χ2n) is 12.2. The van der Waals surface area contributed by atoms with Crippen molar-refractivity contribution in [3.8, 4) is 11.4 Å². The molecule has 0 atom stereocenters. The van der Waals surface area contributed by atoms with E-state index in [0.29, 0.717) is 0 Å². The van der Waals surface area contributed by atoms with Gasteiger partial charge in [0, 0.05) is 32.8 Å². The van der Waals surface area contributed by atoms with E-state index < -0.39 is 75.2 Å². The summed E-state index contributed by atoms with van der Waals surface area (Å²) in [5.41, 5.74) is -9.86. The van der Waals surface area contributed by atoms with Gasteiger partial charge in [0.05, 0.1) is 51.5 Å². The predicted octanol–water partition coefficient (Wildman–Crippen LogP) is 6.63. The van der Waals surface area contributed by atoms with Crippen LogP contribution in [0, 0.1) is 11.6 Å². The van der Waals surface area contributed by atoms with Crippen LogP contribution in [-0.2, 0) is 36.0 Å². The molecule has 0 aliphatic carbocycles. The third kappa shape index (κ3) is 13.6. The van der Waals surface area contributed by atoms with E-state index in [4.69, 9.17) is 35.4 Å². The first-order chi connectivity index (χ1) is 28.8. The number of alkyl halides is 6.